The molecule has 6 nitrogen and oxygen atoms in total. The lowest BCUT2D eigenvalue weighted by atomic mass is 10.2. The Labute approximate surface area is 154 Å². The Morgan fingerprint density at radius 3 is 1.88 bits per heavy atom. The average Bonchev–Trinajstić information content (AvgIpc) is 2.48. The molecule has 0 heterocycles. The van der Waals surface area contributed by atoms with Crippen LogP contribution in [0.5, 0.6) is 0 Å². The minimum Gasteiger partial charge on any atom is -0.463 e. The molecule has 0 aliphatic rings. The number of ether oxygens (including phenoxy) is 3. The second-order valence-corrected chi connectivity index (χ2v) is 6.67. The van der Waals surface area contributed by atoms with Crippen LogP contribution in [0.3, 0.4) is 0 Å². The molecule has 0 aromatic rings. The van der Waals surface area contributed by atoms with E-state index in [1.165, 1.54) is 19.3 Å². The van der Waals surface area contributed by atoms with E-state index in [0.29, 0.717) is 13.0 Å². The van der Waals surface area contributed by atoms with Crippen LogP contribution in [0.4, 0.5) is 4.79 Å². The quantitative estimate of drug-likeness (QED) is 0.493. The van der Waals surface area contributed by atoms with Crippen LogP contribution >= 0.6 is 0 Å². The number of amides is 1. The molecule has 1 atom stereocenters. The molecule has 0 spiro atoms. The maximum absolute atomic E-state index is 10.8. The van der Waals surface area contributed by atoms with Gasteiger partial charge in [-0.3, -0.25) is 4.79 Å². The highest BCUT2D eigenvalue weighted by Gasteiger charge is 2.12. The Morgan fingerprint density at radius 2 is 1.56 bits per heavy atom. The SMILES string of the molecule is CC(C)(C)OC(N)=O.CCC.CCCCCOC(C)COC(=O)CC. The molecule has 0 bridgehead atoms. The summed E-state index contributed by atoms with van der Waals surface area (Å²) in [5.41, 5.74) is 4.26. The third-order valence-corrected chi connectivity index (χ3v) is 2.32. The van der Waals surface area contributed by atoms with Crippen molar-refractivity contribution in [1.29, 1.82) is 0 Å². The molecule has 1 amide bonds. The van der Waals surface area contributed by atoms with Crippen LogP contribution in [0, 0.1) is 0 Å². The molecule has 1 unspecified atom stereocenters. The topological polar surface area (TPSA) is 87.8 Å². The summed E-state index contributed by atoms with van der Waals surface area (Å²) in [6, 6.07) is 0. The molecule has 2 N–H and O–H groups in total. The number of carbonyl (C=O) groups excluding carboxylic acids is 2. The number of primary amides is 1. The number of hydrogen-bond donors (Lipinski definition) is 1. The molecular weight excluding hydrogens is 322 g/mol. The summed E-state index contributed by atoms with van der Waals surface area (Å²) in [6.07, 6.45) is 4.45. The Morgan fingerprint density at radius 1 is 1.04 bits per heavy atom. The van der Waals surface area contributed by atoms with Gasteiger partial charge in [0.25, 0.3) is 0 Å². The second-order valence-electron chi connectivity index (χ2n) is 6.67. The van der Waals surface area contributed by atoms with Gasteiger partial charge in [-0.15, -0.1) is 0 Å². The molecule has 0 aliphatic carbocycles. The summed E-state index contributed by atoms with van der Waals surface area (Å²) in [6.45, 7) is 16.5. The summed E-state index contributed by atoms with van der Waals surface area (Å²) in [5, 5.41) is 0. The van der Waals surface area contributed by atoms with Crippen molar-refractivity contribution in [3.8, 4) is 0 Å². The highest BCUT2D eigenvalue weighted by atomic mass is 16.6. The van der Waals surface area contributed by atoms with Crippen molar-refractivity contribution in [3.05, 3.63) is 0 Å². The fraction of sp³-hybridized carbons (Fsp3) is 0.895. The van der Waals surface area contributed by atoms with Gasteiger partial charge >= 0.3 is 12.1 Å². The molecule has 0 rings (SSSR count). The Hall–Kier alpha value is -1.30. The summed E-state index contributed by atoms with van der Waals surface area (Å²) in [5.74, 6) is -0.158. The average molecular weight is 364 g/mol. The smallest absolute Gasteiger partial charge is 0.405 e. The molecule has 0 fully saturated rings. The zero-order chi connectivity index (χ0) is 20.3. The standard InChI is InChI=1S/C11H22O3.C5H11NO2.C3H8/c1-4-6-7-8-13-10(3)9-14-11(12)5-2;1-5(2,3)8-4(6)7;1-3-2/h10H,4-9H2,1-3H3;1-3H3,(H2,6,7);3H2,1-2H3. The van der Waals surface area contributed by atoms with Crippen LogP contribution in [-0.4, -0.2) is 37.0 Å². The van der Waals surface area contributed by atoms with Crippen LogP contribution in [0.25, 0.3) is 0 Å². The van der Waals surface area contributed by atoms with Crippen molar-refractivity contribution in [2.75, 3.05) is 13.2 Å². The van der Waals surface area contributed by atoms with Crippen LogP contribution in [0.2, 0.25) is 0 Å². The highest BCUT2D eigenvalue weighted by molar-refractivity contribution is 5.68. The Balaban J connectivity index is -0.000000371. The third kappa shape index (κ3) is 34.9. The molecular formula is C19H41NO5. The van der Waals surface area contributed by atoms with Crippen molar-refractivity contribution >= 4 is 12.1 Å². The predicted octanol–water partition coefficient (Wildman–Crippen LogP) is 4.83. The maximum atomic E-state index is 10.8. The van der Waals surface area contributed by atoms with Crippen molar-refractivity contribution in [3.63, 3.8) is 0 Å². The minimum absolute atomic E-state index is 0.0161. The first-order chi connectivity index (χ1) is 11.5. The van der Waals surface area contributed by atoms with Crippen molar-refractivity contribution in [1.82, 2.24) is 0 Å². The van der Waals surface area contributed by atoms with E-state index in [-0.39, 0.29) is 12.1 Å². The van der Waals surface area contributed by atoms with E-state index in [2.05, 4.69) is 25.5 Å². The number of carbonyl (C=O) groups is 2. The minimum atomic E-state index is -0.725. The van der Waals surface area contributed by atoms with Crippen molar-refractivity contribution in [2.24, 2.45) is 5.73 Å². The molecule has 0 aromatic heterocycles. The molecule has 0 radical (unpaired) electrons. The summed E-state index contributed by atoms with van der Waals surface area (Å²) in [4.78, 5) is 20.8. The fourth-order valence-corrected chi connectivity index (χ4v) is 1.30. The Bertz CT molecular complexity index is 313. The zero-order valence-corrected chi connectivity index (χ0v) is 17.6. The van der Waals surface area contributed by atoms with Crippen LogP contribution in [0.15, 0.2) is 0 Å². The number of unbranched alkanes of at least 4 members (excludes halogenated alkanes) is 2. The van der Waals surface area contributed by atoms with Gasteiger partial charge in [-0.05, 0) is 34.1 Å². The van der Waals surface area contributed by atoms with E-state index >= 15 is 0 Å². The van der Waals surface area contributed by atoms with Gasteiger partial charge in [-0.25, -0.2) is 4.79 Å². The molecule has 6 heteroatoms. The molecule has 0 aliphatic heterocycles. The van der Waals surface area contributed by atoms with Gasteiger partial charge in [0.2, 0.25) is 0 Å². The van der Waals surface area contributed by atoms with Gasteiger partial charge in [-0.1, -0.05) is 47.0 Å². The highest BCUT2D eigenvalue weighted by Crippen LogP contribution is 2.04. The van der Waals surface area contributed by atoms with Gasteiger partial charge < -0.3 is 19.9 Å². The van der Waals surface area contributed by atoms with Crippen molar-refractivity contribution in [2.45, 2.75) is 99.2 Å². The summed E-state index contributed by atoms with van der Waals surface area (Å²) >= 11 is 0. The number of hydrogen-bond acceptors (Lipinski definition) is 5. The molecule has 0 saturated carbocycles. The fourth-order valence-electron chi connectivity index (χ4n) is 1.30. The number of rotatable bonds is 8. The van der Waals surface area contributed by atoms with Gasteiger partial charge in [0.05, 0.1) is 6.10 Å². The van der Waals surface area contributed by atoms with E-state index in [0.717, 1.165) is 13.0 Å². The molecule has 0 aromatic carbocycles. The summed E-state index contributed by atoms with van der Waals surface area (Å²) < 4.78 is 15.0. The van der Waals surface area contributed by atoms with Gasteiger partial charge in [-0.2, -0.15) is 0 Å². The van der Waals surface area contributed by atoms with E-state index in [9.17, 15) is 9.59 Å². The normalized spacial score (nSPS) is 11.2. The lowest BCUT2D eigenvalue weighted by molar-refractivity contribution is -0.147. The van der Waals surface area contributed by atoms with E-state index in [1.807, 2.05) is 6.92 Å². The largest absolute Gasteiger partial charge is 0.463 e. The predicted molar refractivity (Wildman–Crippen MR) is 103 cm³/mol. The van der Waals surface area contributed by atoms with Crippen LogP contribution < -0.4 is 5.73 Å². The number of nitrogens with two attached hydrogens (primary N) is 1. The Kier molecular flexibility index (Phi) is 21.7. The first-order valence-corrected chi connectivity index (χ1v) is 9.29. The first kappa shape index (κ1) is 28.5. The zero-order valence-electron chi connectivity index (χ0n) is 17.6. The van der Waals surface area contributed by atoms with Gasteiger partial charge in [0, 0.05) is 13.0 Å². The lowest BCUT2D eigenvalue weighted by Crippen LogP contribution is -2.27. The molecule has 0 saturated heterocycles. The molecule has 152 valence electrons. The van der Waals surface area contributed by atoms with Crippen LogP contribution in [-0.2, 0) is 19.0 Å². The van der Waals surface area contributed by atoms with Crippen molar-refractivity contribution < 1.29 is 23.8 Å². The van der Waals surface area contributed by atoms with E-state index < -0.39 is 11.7 Å². The van der Waals surface area contributed by atoms with Crippen LogP contribution in [0.1, 0.15) is 87.5 Å². The maximum Gasteiger partial charge on any atom is 0.405 e. The monoisotopic (exact) mass is 363 g/mol. The first-order valence-electron chi connectivity index (χ1n) is 9.29. The third-order valence-electron chi connectivity index (χ3n) is 2.32. The summed E-state index contributed by atoms with van der Waals surface area (Å²) in [7, 11) is 0. The van der Waals surface area contributed by atoms with Gasteiger partial charge in [0.1, 0.15) is 12.2 Å². The van der Waals surface area contributed by atoms with E-state index in [1.54, 1.807) is 27.7 Å². The molecule has 25 heavy (non-hydrogen) atoms. The van der Waals surface area contributed by atoms with Gasteiger partial charge in [0.15, 0.2) is 0 Å². The van der Waals surface area contributed by atoms with E-state index in [4.69, 9.17) is 15.2 Å². The number of esters is 1. The lowest BCUT2D eigenvalue weighted by Gasteiger charge is -2.16. The second kappa shape index (κ2) is 19.0.